The highest BCUT2D eigenvalue weighted by Gasteiger charge is 2.45. The Kier molecular flexibility index (Phi) is 4.35. The van der Waals surface area contributed by atoms with Gasteiger partial charge in [0.2, 0.25) is 5.95 Å². The lowest BCUT2D eigenvalue weighted by Gasteiger charge is -2.23. The van der Waals surface area contributed by atoms with Gasteiger partial charge in [-0.05, 0) is 24.1 Å². The van der Waals surface area contributed by atoms with Gasteiger partial charge < -0.3 is 10.1 Å². The molecule has 2 fully saturated rings. The lowest BCUT2D eigenvalue weighted by Crippen LogP contribution is -2.33. The van der Waals surface area contributed by atoms with Gasteiger partial charge in [0.05, 0.1) is 30.6 Å². The number of anilines is 1. The van der Waals surface area contributed by atoms with Gasteiger partial charge in [0.1, 0.15) is 5.82 Å². The van der Waals surface area contributed by atoms with Crippen molar-refractivity contribution in [3.05, 3.63) is 53.9 Å². The summed E-state index contributed by atoms with van der Waals surface area (Å²) in [7, 11) is 0. The molecule has 0 unspecified atom stereocenters. The fourth-order valence-electron chi connectivity index (χ4n) is 3.70. The molecule has 0 amide bonds. The minimum atomic E-state index is -0.447. The Morgan fingerprint density at radius 3 is 2.68 bits per heavy atom. The number of hydrogen-bond donors (Lipinski definition) is 1. The average Bonchev–Trinajstić information content (AvgIpc) is 3.19. The van der Waals surface area contributed by atoms with Crippen LogP contribution in [0.5, 0.6) is 0 Å². The average molecular weight is 346 g/mol. The number of nitrogens with zero attached hydrogens (tertiary/aromatic N) is 3. The van der Waals surface area contributed by atoms with Crippen LogP contribution < -0.4 is 5.32 Å². The largest absolute Gasteiger partial charge is 0.371 e. The number of ether oxygens (including phenoxy) is 1. The van der Waals surface area contributed by atoms with Crippen molar-refractivity contribution in [3.8, 4) is 0 Å². The summed E-state index contributed by atoms with van der Waals surface area (Å²) in [6.07, 6.45) is 4.14. The Hall–Kier alpha value is -2.12. The smallest absolute Gasteiger partial charge is 0.223 e. The summed E-state index contributed by atoms with van der Waals surface area (Å²) in [4.78, 5) is 10.2. The molecule has 0 bridgehead atoms. The van der Waals surface area contributed by atoms with Gasteiger partial charge in [0.15, 0.2) is 5.82 Å². The minimum Gasteiger partial charge on any atom is -0.371 e. The maximum absolute atomic E-state index is 13.0. The highest BCUT2D eigenvalue weighted by atomic mass is 19.1. The number of halogens is 2. The molecule has 25 heavy (non-hydrogen) atoms. The molecule has 132 valence electrons. The highest BCUT2D eigenvalue weighted by Crippen LogP contribution is 2.36. The first-order valence-corrected chi connectivity index (χ1v) is 8.45. The zero-order valence-electron chi connectivity index (χ0n) is 13.8. The number of aromatic nitrogens is 2. The Bertz CT molecular complexity index is 659. The van der Waals surface area contributed by atoms with Crippen LogP contribution in [0, 0.1) is 11.6 Å². The second kappa shape index (κ2) is 6.65. The number of rotatable bonds is 4. The lowest BCUT2D eigenvalue weighted by molar-refractivity contribution is 0.0120. The lowest BCUT2D eigenvalue weighted by atomic mass is 9.97. The predicted octanol–water partition coefficient (Wildman–Crippen LogP) is 2.60. The third-order valence-electron chi connectivity index (χ3n) is 4.88. The molecule has 1 spiro atoms. The van der Waals surface area contributed by atoms with E-state index in [1.807, 2.05) is 12.1 Å². The van der Waals surface area contributed by atoms with Crippen LogP contribution in [0.15, 0.2) is 36.7 Å². The van der Waals surface area contributed by atoms with Gasteiger partial charge in [-0.15, -0.1) is 0 Å². The molecule has 1 aromatic heterocycles. The van der Waals surface area contributed by atoms with Crippen molar-refractivity contribution < 1.29 is 13.5 Å². The monoisotopic (exact) mass is 346 g/mol. The Balaban J connectivity index is 1.33. The van der Waals surface area contributed by atoms with Crippen LogP contribution >= 0.6 is 0 Å². The molecule has 4 rings (SSSR count). The van der Waals surface area contributed by atoms with E-state index in [4.69, 9.17) is 4.74 Å². The standard InChI is InChI=1S/C18H20F2N4O/c19-14-3-1-13(2-4-14)10-24-6-5-18(12-24)7-16(11-25-18)23-17-21-8-15(20)9-22-17/h1-4,8-9,16H,5-7,10-12H2,(H,21,22,23)/t16-,18+/m1/s1. The third kappa shape index (κ3) is 3.77. The molecule has 2 aliphatic heterocycles. The van der Waals surface area contributed by atoms with Crippen LogP contribution in [0.1, 0.15) is 18.4 Å². The van der Waals surface area contributed by atoms with E-state index in [1.165, 1.54) is 12.1 Å². The summed E-state index contributed by atoms with van der Waals surface area (Å²) in [6.45, 7) is 3.19. The number of likely N-dealkylation sites (tertiary alicyclic amines) is 1. The summed E-state index contributed by atoms with van der Waals surface area (Å²) < 4.78 is 32.0. The normalized spacial score (nSPS) is 26.4. The van der Waals surface area contributed by atoms with E-state index < -0.39 is 5.82 Å². The van der Waals surface area contributed by atoms with E-state index in [0.717, 1.165) is 50.4 Å². The van der Waals surface area contributed by atoms with Crippen molar-refractivity contribution in [2.45, 2.75) is 31.0 Å². The second-order valence-electron chi connectivity index (χ2n) is 6.85. The van der Waals surface area contributed by atoms with Crippen LogP contribution in [-0.2, 0) is 11.3 Å². The first-order valence-electron chi connectivity index (χ1n) is 8.45. The van der Waals surface area contributed by atoms with Crippen molar-refractivity contribution in [3.63, 3.8) is 0 Å². The molecular weight excluding hydrogens is 326 g/mol. The molecule has 0 aliphatic carbocycles. The molecule has 2 saturated heterocycles. The Labute approximate surface area is 145 Å². The molecule has 3 heterocycles. The fraction of sp³-hybridized carbons (Fsp3) is 0.444. The first kappa shape index (κ1) is 16.4. The summed E-state index contributed by atoms with van der Waals surface area (Å²) in [5.41, 5.74) is 0.948. The number of benzene rings is 1. The molecule has 1 N–H and O–H groups in total. The number of hydrogen-bond acceptors (Lipinski definition) is 5. The van der Waals surface area contributed by atoms with Crippen molar-refractivity contribution in [2.24, 2.45) is 0 Å². The van der Waals surface area contributed by atoms with Crippen LogP contribution in [-0.4, -0.2) is 46.2 Å². The van der Waals surface area contributed by atoms with Crippen LogP contribution in [0.3, 0.4) is 0 Å². The van der Waals surface area contributed by atoms with Crippen molar-refractivity contribution >= 4 is 5.95 Å². The van der Waals surface area contributed by atoms with E-state index in [2.05, 4.69) is 20.2 Å². The van der Waals surface area contributed by atoms with Gasteiger partial charge in [-0.1, -0.05) is 12.1 Å². The quantitative estimate of drug-likeness (QED) is 0.922. The second-order valence-corrected chi connectivity index (χ2v) is 6.85. The summed E-state index contributed by atoms with van der Waals surface area (Å²) in [6, 6.07) is 6.76. The molecule has 5 nitrogen and oxygen atoms in total. The van der Waals surface area contributed by atoms with Crippen LogP contribution in [0.25, 0.3) is 0 Å². The molecule has 0 saturated carbocycles. The molecule has 2 atom stereocenters. The van der Waals surface area contributed by atoms with Gasteiger partial charge in [0.25, 0.3) is 0 Å². The molecule has 0 radical (unpaired) electrons. The first-order chi connectivity index (χ1) is 12.1. The molecule has 1 aromatic carbocycles. The zero-order valence-corrected chi connectivity index (χ0v) is 13.8. The van der Waals surface area contributed by atoms with E-state index in [1.54, 1.807) is 0 Å². The Morgan fingerprint density at radius 2 is 1.92 bits per heavy atom. The highest BCUT2D eigenvalue weighted by molar-refractivity contribution is 5.26. The van der Waals surface area contributed by atoms with Crippen LogP contribution in [0.4, 0.5) is 14.7 Å². The zero-order chi connectivity index (χ0) is 17.3. The van der Waals surface area contributed by atoms with Gasteiger partial charge in [-0.2, -0.15) is 0 Å². The van der Waals surface area contributed by atoms with E-state index in [0.29, 0.717) is 12.6 Å². The minimum absolute atomic E-state index is 0.122. The van der Waals surface area contributed by atoms with Gasteiger partial charge >= 0.3 is 0 Å². The van der Waals surface area contributed by atoms with Crippen LogP contribution in [0.2, 0.25) is 0 Å². The SMILES string of the molecule is Fc1ccc(CN2CC[C@]3(C[C@@H](Nc4ncc(F)cn4)CO3)C2)cc1. The maximum atomic E-state index is 13.0. The van der Waals surface area contributed by atoms with E-state index in [-0.39, 0.29) is 17.5 Å². The molecule has 7 heteroatoms. The summed E-state index contributed by atoms with van der Waals surface area (Å²) in [5.74, 6) is -0.233. The third-order valence-corrected chi connectivity index (χ3v) is 4.88. The van der Waals surface area contributed by atoms with Gasteiger partial charge in [0, 0.05) is 26.1 Å². The fourth-order valence-corrected chi connectivity index (χ4v) is 3.70. The van der Waals surface area contributed by atoms with Gasteiger partial charge in [-0.25, -0.2) is 18.7 Å². The number of nitrogens with one attached hydrogen (secondary N) is 1. The predicted molar refractivity (Wildman–Crippen MR) is 89.0 cm³/mol. The Morgan fingerprint density at radius 1 is 1.16 bits per heavy atom. The van der Waals surface area contributed by atoms with Crippen molar-refractivity contribution in [1.82, 2.24) is 14.9 Å². The molecule has 2 aliphatic rings. The maximum Gasteiger partial charge on any atom is 0.223 e. The molecular formula is C18H20F2N4O. The summed E-state index contributed by atoms with van der Waals surface area (Å²) >= 11 is 0. The summed E-state index contributed by atoms with van der Waals surface area (Å²) in [5, 5.41) is 3.22. The van der Waals surface area contributed by atoms with E-state index >= 15 is 0 Å². The topological polar surface area (TPSA) is 50.3 Å². The van der Waals surface area contributed by atoms with Crippen molar-refractivity contribution in [2.75, 3.05) is 25.0 Å². The van der Waals surface area contributed by atoms with E-state index in [9.17, 15) is 8.78 Å². The van der Waals surface area contributed by atoms with Crippen molar-refractivity contribution in [1.29, 1.82) is 0 Å². The molecule has 2 aromatic rings. The van der Waals surface area contributed by atoms with Gasteiger partial charge in [-0.3, -0.25) is 4.90 Å².